The van der Waals surface area contributed by atoms with Gasteiger partial charge in [0.15, 0.2) is 0 Å². The van der Waals surface area contributed by atoms with Gasteiger partial charge in [0.1, 0.15) is 0 Å². The van der Waals surface area contributed by atoms with Crippen LogP contribution in [0.5, 0.6) is 0 Å². The Labute approximate surface area is 174 Å². The Morgan fingerprint density at radius 2 is 1.59 bits per heavy atom. The molecule has 0 radical (unpaired) electrons. The summed E-state index contributed by atoms with van der Waals surface area (Å²) in [5.74, 6) is 0. The van der Waals surface area contributed by atoms with Gasteiger partial charge in [-0.05, 0) is 0 Å². The number of benzene rings is 3. The second-order valence-corrected chi connectivity index (χ2v) is 12.0. The van der Waals surface area contributed by atoms with Gasteiger partial charge in [-0.15, -0.1) is 0 Å². The average Bonchev–Trinajstić information content (AvgIpc) is 3.29. The van der Waals surface area contributed by atoms with E-state index in [1.807, 2.05) is 0 Å². The zero-order chi connectivity index (χ0) is 18.1. The molecule has 3 aromatic carbocycles. The van der Waals surface area contributed by atoms with Crippen molar-refractivity contribution in [3.05, 3.63) is 112 Å². The molecule has 0 N–H and O–H groups in total. The van der Waals surface area contributed by atoms with E-state index in [1.165, 1.54) is 27.6 Å². The van der Waals surface area contributed by atoms with Crippen molar-refractivity contribution in [3.8, 4) is 0 Å². The van der Waals surface area contributed by atoms with Crippen molar-refractivity contribution in [1.82, 2.24) is 0 Å². The van der Waals surface area contributed by atoms with E-state index in [2.05, 4.69) is 97.1 Å². The van der Waals surface area contributed by atoms with Gasteiger partial charge in [0.25, 0.3) is 0 Å². The van der Waals surface area contributed by atoms with Crippen LogP contribution in [0.4, 0.5) is 0 Å². The monoisotopic (exact) mass is 438 g/mol. The van der Waals surface area contributed by atoms with Gasteiger partial charge >= 0.3 is 175 Å². The molecule has 2 aliphatic carbocycles. The molecule has 0 fully saturated rings. The summed E-state index contributed by atoms with van der Waals surface area (Å²) in [5.41, 5.74) is 4.45. The molecule has 128 valence electrons. The molecule has 2 heteroatoms. The van der Waals surface area contributed by atoms with Crippen LogP contribution in [0.2, 0.25) is 0 Å². The van der Waals surface area contributed by atoms with Crippen LogP contribution in [0, 0.1) is 0 Å². The van der Waals surface area contributed by atoms with Crippen LogP contribution < -0.4 is 10.4 Å². The Hall–Kier alpha value is -1.89. The summed E-state index contributed by atoms with van der Waals surface area (Å²) in [6.45, 7) is 0. The molecule has 1 atom stereocenters. The molecule has 0 saturated heterocycles. The normalized spacial score (nSPS) is 18.3. The quantitative estimate of drug-likeness (QED) is 0.548. The van der Waals surface area contributed by atoms with Crippen LogP contribution in [-0.2, 0) is 29.3 Å². The first-order valence-electron chi connectivity index (χ1n) is 9.48. The summed E-state index contributed by atoms with van der Waals surface area (Å²) < 4.78 is 2.41. The summed E-state index contributed by atoms with van der Waals surface area (Å²) in [4.78, 5) is 0. The average molecular weight is 440 g/mol. The molecule has 0 saturated carbocycles. The fourth-order valence-corrected chi connectivity index (χ4v) is 10.4. The Bertz CT molecular complexity index is 1170. The third-order valence-corrected chi connectivity index (χ3v) is 11.7. The Kier molecular flexibility index (Phi) is 4.86. The maximum atomic E-state index is 2.49. The van der Waals surface area contributed by atoms with E-state index in [0.29, 0.717) is 3.63 Å². The molecule has 2 aliphatic rings. The molecular formula is C25H20SiZr. The van der Waals surface area contributed by atoms with Crippen molar-refractivity contribution in [2.24, 2.45) is 0 Å². The molecule has 0 bridgehead atoms. The summed E-state index contributed by atoms with van der Waals surface area (Å²) >= 11 is -0.761. The van der Waals surface area contributed by atoms with E-state index in [4.69, 9.17) is 0 Å². The van der Waals surface area contributed by atoms with Gasteiger partial charge in [0, 0.05) is 0 Å². The first-order valence-corrected chi connectivity index (χ1v) is 13.5. The molecule has 0 nitrogen and oxygen atoms in total. The second kappa shape index (κ2) is 7.62. The number of rotatable bonds is 4. The van der Waals surface area contributed by atoms with Crippen molar-refractivity contribution >= 4 is 29.7 Å². The minimum absolute atomic E-state index is 0.283. The van der Waals surface area contributed by atoms with E-state index >= 15 is 0 Å². The molecule has 0 aliphatic heterocycles. The van der Waals surface area contributed by atoms with Gasteiger partial charge in [0.05, 0.1) is 0 Å². The summed E-state index contributed by atoms with van der Waals surface area (Å²) in [7, 11) is 0.283. The Morgan fingerprint density at radius 3 is 2.52 bits per heavy atom. The Balaban J connectivity index is 1.52. The van der Waals surface area contributed by atoms with Crippen LogP contribution in [0.3, 0.4) is 0 Å². The van der Waals surface area contributed by atoms with Crippen LogP contribution in [0.1, 0.15) is 20.3 Å². The SMILES string of the molecule is C1=C[CH]([Zr][C]2=c3ccccc3=CC2=[SiH]Cc2ccccc2)c2ccccc21. The maximum absolute atomic E-state index is 2.49. The molecular weight excluding hydrogens is 420 g/mol. The van der Waals surface area contributed by atoms with Gasteiger partial charge < -0.3 is 0 Å². The predicted octanol–water partition coefficient (Wildman–Crippen LogP) is 3.25. The molecule has 3 aromatic rings. The standard InChI is InChI=1S/C16H13Si.C9H7.Zr/c1-2-6-13(7-3-1)12-17-16-10-14-8-4-5-9-15(14)11-16;1-2-5-9-7-3-6-8(9)4-1;/h1-10,17H,12H2;1-7H;. The zero-order valence-electron chi connectivity index (χ0n) is 15.1. The van der Waals surface area contributed by atoms with Gasteiger partial charge in [-0.2, -0.15) is 0 Å². The summed E-state index contributed by atoms with van der Waals surface area (Å²) in [6.07, 6.45) is 7.30. The topological polar surface area (TPSA) is 0 Å². The van der Waals surface area contributed by atoms with Crippen molar-refractivity contribution < 1.29 is 23.2 Å². The predicted molar refractivity (Wildman–Crippen MR) is 114 cm³/mol. The zero-order valence-corrected chi connectivity index (χ0v) is 18.7. The molecule has 0 heterocycles. The third kappa shape index (κ3) is 3.49. The first-order chi connectivity index (χ1) is 13.4. The molecule has 0 spiro atoms. The van der Waals surface area contributed by atoms with Gasteiger partial charge in [-0.25, -0.2) is 0 Å². The fourth-order valence-electron chi connectivity index (χ4n) is 3.94. The number of hydrogen-bond donors (Lipinski definition) is 0. The van der Waals surface area contributed by atoms with E-state index in [0.717, 1.165) is 0 Å². The van der Waals surface area contributed by atoms with E-state index < -0.39 is 23.2 Å². The van der Waals surface area contributed by atoms with Gasteiger partial charge in [-0.3, -0.25) is 0 Å². The molecule has 5 rings (SSSR count). The second-order valence-electron chi connectivity index (χ2n) is 7.07. The molecule has 0 aromatic heterocycles. The third-order valence-electron chi connectivity index (χ3n) is 5.33. The van der Waals surface area contributed by atoms with Crippen LogP contribution in [-0.4, -0.2) is 14.3 Å². The van der Waals surface area contributed by atoms with E-state index in [-0.39, 0.29) is 9.13 Å². The van der Waals surface area contributed by atoms with E-state index in [1.54, 1.807) is 14.0 Å². The fraction of sp³-hybridized carbons (Fsp3) is 0.0800. The molecule has 0 amide bonds. The molecule has 27 heavy (non-hydrogen) atoms. The van der Waals surface area contributed by atoms with Gasteiger partial charge in [0.2, 0.25) is 0 Å². The van der Waals surface area contributed by atoms with Crippen molar-refractivity contribution in [1.29, 1.82) is 0 Å². The van der Waals surface area contributed by atoms with Crippen molar-refractivity contribution in [2.45, 2.75) is 9.67 Å². The summed E-state index contributed by atoms with van der Waals surface area (Å²) in [5, 5.41) is 4.64. The Morgan fingerprint density at radius 1 is 0.815 bits per heavy atom. The minimum atomic E-state index is -0.761. The summed E-state index contributed by atoms with van der Waals surface area (Å²) in [6, 6.07) is 30.2. The van der Waals surface area contributed by atoms with Crippen LogP contribution >= 0.6 is 0 Å². The molecule has 1 unspecified atom stereocenters. The number of allylic oxidation sites excluding steroid dienone is 1. The van der Waals surface area contributed by atoms with Crippen LogP contribution in [0.15, 0.2) is 84.9 Å². The van der Waals surface area contributed by atoms with Crippen LogP contribution in [0.25, 0.3) is 15.4 Å². The van der Waals surface area contributed by atoms with Gasteiger partial charge in [-0.1, -0.05) is 0 Å². The van der Waals surface area contributed by atoms with Crippen molar-refractivity contribution in [2.75, 3.05) is 0 Å². The van der Waals surface area contributed by atoms with E-state index in [9.17, 15) is 0 Å². The number of hydrogen-bond acceptors (Lipinski definition) is 0. The van der Waals surface area contributed by atoms with Crippen molar-refractivity contribution in [3.63, 3.8) is 0 Å². The number of fused-ring (bicyclic) bond motifs is 2. The first kappa shape index (κ1) is 17.2.